The molecular formula is C11H21N3O2S. The zero-order valence-corrected chi connectivity index (χ0v) is 11.2. The van der Waals surface area contributed by atoms with Gasteiger partial charge < -0.3 is 16.3 Å². The number of carbonyl (C=O) groups excluding carboxylic acids is 1. The van der Waals surface area contributed by atoms with Gasteiger partial charge in [0.05, 0.1) is 0 Å². The molecule has 0 radical (unpaired) electrons. The highest BCUT2D eigenvalue weighted by atomic mass is 32.2. The summed E-state index contributed by atoms with van der Waals surface area (Å²) in [4.78, 5) is 12.2. The summed E-state index contributed by atoms with van der Waals surface area (Å²) in [7, 11) is 0. The number of hydrogen-bond acceptors (Lipinski definition) is 4. The molecule has 0 aromatic carbocycles. The predicted octanol–water partition coefficient (Wildman–Crippen LogP) is 1.16. The summed E-state index contributed by atoms with van der Waals surface area (Å²) < 4.78 is 0. The number of oxime groups is 1. The fourth-order valence-electron chi connectivity index (χ4n) is 2.01. The highest BCUT2D eigenvalue weighted by molar-refractivity contribution is 7.98. The van der Waals surface area contributed by atoms with Crippen LogP contribution >= 0.6 is 11.8 Å². The number of thioether (sulfide) groups is 1. The third-order valence-corrected chi connectivity index (χ3v) is 4.17. The van der Waals surface area contributed by atoms with Crippen molar-refractivity contribution in [1.29, 1.82) is 0 Å². The molecule has 1 rings (SSSR count). The smallest absolute Gasteiger partial charge is 0.234 e. The maximum atomic E-state index is 12.2. The van der Waals surface area contributed by atoms with Crippen molar-refractivity contribution in [3.05, 3.63) is 0 Å². The molecule has 1 aliphatic rings. The Balaban J connectivity index is 2.67. The Morgan fingerprint density at radius 1 is 1.65 bits per heavy atom. The summed E-state index contributed by atoms with van der Waals surface area (Å²) in [5.74, 6) is 0.828. The van der Waals surface area contributed by atoms with Gasteiger partial charge in [0.1, 0.15) is 5.41 Å². The summed E-state index contributed by atoms with van der Waals surface area (Å²) in [6, 6.07) is 0.154. The van der Waals surface area contributed by atoms with Gasteiger partial charge in [-0.25, -0.2) is 0 Å². The van der Waals surface area contributed by atoms with Crippen molar-refractivity contribution >= 4 is 23.5 Å². The Bertz CT molecular complexity index is 303. The lowest BCUT2D eigenvalue weighted by molar-refractivity contribution is -0.131. The van der Waals surface area contributed by atoms with Gasteiger partial charge in [0.2, 0.25) is 5.91 Å². The molecule has 0 heterocycles. The number of amidine groups is 1. The monoisotopic (exact) mass is 259 g/mol. The molecule has 1 atom stereocenters. The van der Waals surface area contributed by atoms with E-state index < -0.39 is 5.41 Å². The fraction of sp³-hybridized carbons (Fsp3) is 0.818. The van der Waals surface area contributed by atoms with E-state index in [9.17, 15) is 4.79 Å². The Morgan fingerprint density at radius 2 is 2.29 bits per heavy atom. The minimum absolute atomic E-state index is 0.0419. The predicted molar refractivity (Wildman–Crippen MR) is 70.3 cm³/mol. The number of nitrogens with two attached hydrogens (primary N) is 1. The lowest BCUT2D eigenvalue weighted by atomic mass is 9.67. The van der Waals surface area contributed by atoms with E-state index in [4.69, 9.17) is 10.9 Å². The van der Waals surface area contributed by atoms with Crippen LogP contribution in [-0.4, -0.2) is 35.0 Å². The van der Waals surface area contributed by atoms with Gasteiger partial charge in [-0.2, -0.15) is 11.8 Å². The van der Waals surface area contributed by atoms with Crippen LogP contribution in [0.15, 0.2) is 5.16 Å². The molecule has 0 aliphatic heterocycles. The summed E-state index contributed by atoms with van der Waals surface area (Å²) in [6.07, 6.45) is 5.19. The van der Waals surface area contributed by atoms with Crippen LogP contribution in [0.2, 0.25) is 0 Å². The third-order valence-electron chi connectivity index (χ3n) is 3.44. The average molecular weight is 259 g/mol. The largest absolute Gasteiger partial charge is 0.409 e. The zero-order chi connectivity index (χ0) is 12.9. The van der Waals surface area contributed by atoms with Gasteiger partial charge in [-0.1, -0.05) is 18.5 Å². The molecular weight excluding hydrogens is 238 g/mol. The van der Waals surface area contributed by atoms with E-state index >= 15 is 0 Å². The molecule has 0 saturated heterocycles. The van der Waals surface area contributed by atoms with Crippen LogP contribution in [0.1, 0.15) is 32.6 Å². The second kappa shape index (κ2) is 6.14. The van der Waals surface area contributed by atoms with Crippen molar-refractivity contribution in [2.75, 3.05) is 12.0 Å². The highest BCUT2D eigenvalue weighted by Gasteiger charge is 2.48. The van der Waals surface area contributed by atoms with Crippen LogP contribution in [0.3, 0.4) is 0 Å². The van der Waals surface area contributed by atoms with Gasteiger partial charge in [0.15, 0.2) is 5.84 Å². The number of nitrogens with one attached hydrogen (secondary N) is 1. The maximum Gasteiger partial charge on any atom is 0.234 e. The Kier molecular flexibility index (Phi) is 5.11. The maximum absolute atomic E-state index is 12.2. The van der Waals surface area contributed by atoms with Gasteiger partial charge in [0, 0.05) is 11.8 Å². The lowest BCUT2D eigenvalue weighted by Crippen LogP contribution is -2.56. The SMILES string of the molecule is CCC(CSC)NC(=O)C1(C(N)=NO)CCC1. The number of nitrogens with zero attached hydrogens (tertiary/aromatic N) is 1. The van der Waals surface area contributed by atoms with Crippen LogP contribution in [0.5, 0.6) is 0 Å². The zero-order valence-electron chi connectivity index (χ0n) is 10.4. The van der Waals surface area contributed by atoms with Crippen molar-refractivity contribution in [3.63, 3.8) is 0 Å². The van der Waals surface area contributed by atoms with Gasteiger partial charge in [-0.15, -0.1) is 0 Å². The van der Waals surface area contributed by atoms with Gasteiger partial charge in [-0.3, -0.25) is 4.79 Å². The first-order chi connectivity index (χ1) is 8.10. The Hall–Kier alpha value is -0.910. The van der Waals surface area contributed by atoms with Gasteiger partial charge in [-0.05, 0) is 25.5 Å². The van der Waals surface area contributed by atoms with Crippen LogP contribution in [0.4, 0.5) is 0 Å². The molecule has 1 amide bonds. The first-order valence-electron chi connectivity index (χ1n) is 5.88. The van der Waals surface area contributed by atoms with E-state index in [1.807, 2.05) is 13.2 Å². The Morgan fingerprint density at radius 3 is 2.65 bits per heavy atom. The summed E-state index contributed by atoms with van der Waals surface area (Å²) in [5.41, 5.74) is 4.88. The number of carbonyl (C=O) groups is 1. The minimum Gasteiger partial charge on any atom is -0.409 e. The first kappa shape index (κ1) is 14.2. The number of hydrogen-bond donors (Lipinski definition) is 3. The second-order valence-electron chi connectivity index (χ2n) is 4.45. The topological polar surface area (TPSA) is 87.7 Å². The number of amides is 1. The van der Waals surface area contributed by atoms with Gasteiger partial charge >= 0.3 is 0 Å². The van der Waals surface area contributed by atoms with E-state index in [0.29, 0.717) is 12.8 Å². The molecule has 5 nitrogen and oxygen atoms in total. The Labute approximate surface area is 106 Å². The van der Waals surface area contributed by atoms with E-state index in [2.05, 4.69) is 10.5 Å². The third kappa shape index (κ3) is 2.86. The molecule has 1 aliphatic carbocycles. The van der Waals surface area contributed by atoms with E-state index in [1.165, 1.54) is 0 Å². The molecule has 98 valence electrons. The molecule has 6 heteroatoms. The van der Waals surface area contributed by atoms with Crippen LogP contribution < -0.4 is 11.1 Å². The standard InChI is InChI=1S/C11H21N3O2S/c1-3-8(7-17-2)13-10(15)11(5-4-6-11)9(12)14-16/h8,16H,3-7H2,1-2H3,(H2,12,14)(H,13,15). The van der Waals surface area contributed by atoms with Crippen molar-refractivity contribution in [3.8, 4) is 0 Å². The molecule has 0 aromatic rings. The molecule has 1 saturated carbocycles. The molecule has 17 heavy (non-hydrogen) atoms. The normalized spacial score (nSPS) is 20.5. The highest BCUT2D eigenvalue weighted by Crippen LogP contribution is 2.41. The van der Waals surface area contributed by atoms with Crippen molar-refractivity contribution < 1.29 is 10.0 Å². The van der Waals surface area contributed by atoms with Crippen LogP contribution in [0.25, 0.3) is 0 Å². The lowest BCUT2D eigenvalue weighted by Gasteiger charge is -2.39. The summed E-state index contributed by atoms with van der Waals surface area (Å²) in [5, 5.41) is 14.8. The van der Waals surface area contributed by atoms with Crippen molar-refractivity contribution in [1.82, 2.24) is 5.32 Å². The molecule has 1 fully saturated rings. The molecule has 1 unspecified atom stereocenters. The molecule has 0 bridgehead atoms. The fourth-order valence-corrected chi connectivity index (χ4v) is 2.73. The summed E-state index contributed by atoms with van der Waals surface area (Å²) in [6.45, 7) is 2.04. The van der Waals surface area contributed by atoms with E-state index in [-0.39, 0.29) is 17.8 Å². The van der Waals surface area contributed by atoms with Crippen LogP contribution in [0, 0.1) is 5.41 Å². The quantitative estimate of drug-likeness (QED) is 0.289. The van der Waals surface area contributed by atoms with Crippen LogP contribution in [-0.2, 0) is 4.79 Å². The van der Waals surface area contributed by atoms with Crippen molar-refractivity contribution in [2.24, 2.45) is 16.3 Å². The first-order valence-corrected chi connectivity index (χ1v) is 7.28. The minimum atomic E-state index is -0.763. The van der Waals surface area contributed by atoms with Crippen molar-refractivity contribution in [2.45, 2.75) is 38.6 Å². The van der Waals surface area contributed by atoms with Gasteiger partial charge in [0.25, 0.3) is 0 Å². The second-order valence-corrected chi connectivity index (χ2v) is 5.37. The number of rotatable bonds is 6. The molecule has 0 spiro atoms. The molecule has 0 aromatic heterocycles. The average Bonchev–Trinajstić information content (AvgIpc) is 2.26. The summed E-state index contributed by atoms with van der Waals surface area (Å²) >= 11 is 1.70. The van der Waals surface area contributed by atoms with E-state index in [1.54, 1.807) is 11.8 Å². The molecule has 4 N–H and O–H groups in total. The van der Waals surface area contributed by atoms with E-state index in [0.717, 1.165) is 18.6 Å².